The molecule has 1 unspecified atom stereocenters. The van der Waals surface area contributed by atoms with Crippen molar-refractivity contribution >= 4 is 11.3 Å². The van der Waals surface area contributed by atoms with Crippen molar-refractivity contribution in [1.82, 2.24) is 4.98 Å². The van der Waals surface area contributed by atoms with E-state index in [1.165, 1.54) is 17.7 Å². The molecule has 20 heavy (non-hydrogen) atoms. The van der Waals surface area contributed by atoms with Gasteiger partial charge in [-0.3, -0.25) is 0 Å². The first-order valence-electron chi connectivity index (χ1n) is 7.69. The van der Waals surface area contributed by atoms with Gasteiger partial charge in [-0.2, -0.15) is 0 Å². The van der Waals surface area contributed by atoms with E-state index >= 15 is 0 Å². The number of fused-ring (bicyclic) bond motifs is 1. The summed E-state index contributed by atoms with van der Waals surface area (Å²) < 4.78 is 5.94. The van der Waals surface area contributed by atoms with Crippen LogP contribution in [0.5, 0.6) is 0 Å². The first-order valence-corrected chi connectivity index (χ1v) is 8.51. The number of aliphatic hydroxyl groups is 1. The molecule has 1 aromatic heterocycles. The van der Waals surface area contributed by atoms with E-state index in [-0.39, 0.29) is 11.7 Å². The molecule has 3 rings (SSSR count). The Balaban J connectivity index is 1.91. The molecule has 0 aliphatic heterocycles. The molecular weight excluding hydrogens is 270 g/mol. The predicted octanol–water partition coefficient (Wildman–Crippen LogP) is 3.95. The van der Waals surface area contributed by atoms with Crippen molar-refractivity contribution in [1.29, 1.82) is 0 Å². The minimum absolute atomic E-state index is 0.211. The van der Waals surface area contributed by atoms with E-state index in [1.54, 1.807) is 11.3 Å². The lowest BCUT2D eigenvalue weighted by molar-refractivity contribution is -0.0669. The van der Waals surface area contributed by atoms with Gasteiger partial charge < -0.3 is 9.84 Å². The third kappa shape index (κ3) is 2.42. The van der Waals surface area contributed by atoms with Gasteiger partial charge in [0.15, 0.2) is 0 Å². The second kappa shape index (κ2) is 5.08. The number of aromatic nitrogens is 1. The normalized spacial score (nSPS) is 28.1. The summed E-state index contributed by atoms with van der Waals surface area (Å²) in [5.74, 6) is 0. The number of nitrogens with zero attached hydrogens (tertiary/aromatic N) is 1. The van der Waals surface area contributed by atoms with Gasteiger partial charge >= 0.3 is 0 Å². The highest BCUT2D eigenvalue weighted by Gasteiger charge is 2.43. The van der Waals surface area contributed by atoms with Gasteiger partial charge in [0.1, 0.15) is 10.6 Å². The van der Waals surface area contributed by atoms with Crippen LogP contribution < -0.4 is 0 Å². The fourth-order valence-electron chi connectivity index (χ4n) is 3.43. The third-order valence-electron chi connectivity index (χ3n) is 5.12. The third-order valence-corrected chi connectivity index (χ3v) is 6.43. The highest BCUT2D eigenvalue weighted by Crippen LogP contribution is 2.49. The van der Waals surface area contributed by atoms with Crippen LogP contribution in [0.25, 0.3) is 0 Å². The Morgan fingerprint density at radius 1 is 1.25 bits per heavy atom. The fourth-order valence-corrected chi connectivity index (χ4v) is 4.81. The minimum atomic E-state index is -0.363. The summed E-state index contributed by atoms with van der Waals surface area (Å²) in [4.78, 5) is 6.07. The van der Waals surface area contributed by atoms with Gasteiger partial charge in [-0.05, 0) is 50.4 Å². The zero-order valence-electron chi connectivity index (χ0n) is 12.7. The standard InChI is InChI=1S/C16H25NO2S/c1-15(2)7-9-16(19-3,10-8-15)14-17-13-11(18)5-4-6-12(13)20-14/h11,18H,4-10H2,1-3H3. The number of aliphatic hydroxyl groups excluding tert-OH is 1. The van der Waals surface area contributed by atoms with E-state index in [0.29, 0.717) is 5.41 Å². The molecule has 2 aliphatic carbocycles. The maximum atomic E-state index is 10.1. The number of methoxy groups -OCH3 is 1. The molecule has 0 aromatic carbocycles. The van der Waals surface area contributed by atoms with Crippen molar-refractivity contribution in [3.8, 4) is 0 Å². The molecule has 2 aliphatic rings. The first-order chi connectivity index (χ1) is 9.46. The van der Waals surface area contributed by atoms with Crippen LogP contribution in [0.4, 0.5) is 0 Å². The maximum Gasteiger partial charge on any atom is 0.125 e. The average molecular weight is 295 g/mol. The first kappa shape index (κ1) is 14.5. The Kier molecular flexibility index (Phi) is 3.68. The zero-order valence-corrected chi connectivity index (χ0v) is 13.6. The Bertz CT molecular complexity index is 485. The molecule has 4 heteroatoms. The molecule has 1 fully saturated rings. The SMILES string of the molecule is COC1(c2nc3c(s2)CCCC3O)CCC(C)(C)CC1. The molecule has 0 bridgehead atoms. The van der Waals surface area contributed by atoms with Crippen molar-refractivity contribution in [2.24, 2.45) is 5.41 Å². The average Bonchev–Trinajstić information content (AvgIpc) is 2.85. The largest absolute Gasteiger partial charge is 0.387 e. The molecule has 0 amide bonds. The van der Waals surface area contributed by atoms with E-state index in [1.807, 2.05) is 7.11 Å². The summed E-state index contributed by atoms with van der Waals surface area (Å²) in [5, 5.41) is 11.2. The van der Waals surface area contributed by atoms with E-state index in [2.05, 4.69) is 13.8 Å². The highest BCUT2D eigenvalue weighted by atomic mass is 32.1. The van der Waals surface area contributed by atoms with E-state index < -0.39 is 0 Å². The molecule has 1 N–H and O–H groups in total. The van der Waals surface area contributed by atoms with Crippen LogP contribution in [0, 0.1) is 5.41 Å². The van der Waals surface area contributed by atoms with Crippen molar-refractivity contribution in [2.45, 2.75) is 70.5 Å². The molecule has 0 radical (unpaired) electrons. The summed E-state index contributed by atoms with van der Waals surface area (Å²) in [7, 11) is 1.81. The lowest BCUT2D eigenvalue weighted by Gasteiger charge is -2.41. The number of thiazole rings is 1. The lowest BCUT2D eigenvalue weighted by Crippen LogP contribution is -2.36. The number of hydrogen-bond donors (Lipinski definition) is 1. The molecule has 1 atom stereocenters. The minimum Gasteiger partial charge on any atom is -0.387 e. The van der Waals surface area contributed by atoms with E-state index in [9.17, 15) is 5.11 Å². The van der Waals surface area contributed by atoms with Gasteiger partial charge in [0.05, 0.1) is 11.8 Å². The Morgan fingerprint density at radius 3 is 2.55 bits per heavy atom. The smallest absolute Gasteiger partial charge is 0.125 e. The van der Waals surface area contributed by atoms with Crippen molar-refractivity contribution in [3.05, 3.63) is 15.6 Å². The predicted molar refractivity (Wildman–Crippen MR) is 80.9 cm³/mol. The maximum absolute atomic E-state index is 10.1. The fraction of sp³-hybridized carbons (Fsp3) is 0.812. The second-order valence-corrected chi connectivity index (χ2v) is 8.18. The topological polar surface area (TPSA) is 42.4 Å². The van der Waals surface area contributed by atoms with Crippen LogP contribution in [0.15, 0.2) is 0 Å². The van der Waals surface area contributed by atoms with Gasteiger partial charge in [0.25, 0.3) is 0 Å². The van der Waals surface area contributed by atoms with Gasteiger partial charge in [-0.15, -0.1) is 11.3 Å². The van der Waals surface area contributed by atoms with E-state index in [4.69, 9.17) is 9.72 Å². The molecule has 1 heterocycles. The Morgan fingerprint density at radius 2 is 1.95 bits per heavy atom. The van der Waals surface area contributed by atoms with Crippen molar-refractivity contribution in [3.63, 3.8) is 0 Å². The van der Waals surface area contributed by atoms with Crippen molar-refractivity contribution < 1.29 is 9.84 Å². The number of rotatable bonds is 2. The zero-order chi connectivity index (χ0) is 14.4. The Hall–Kier alpha value is -0.450. The summed E-state index contributed by atoms with van der Waals surface area (Å²) in [6.07, 6.45) is 7.05. The monoisotopic (exact) mass is 295 g/mol. The van der Waals surface area contributed by atoms with Crippen LogP contribution in [0.3, 0.4) is 0 Å². The van der Waals surface area contributed by atoms with Crippen LogP contribution >= 0.6 is 11.3 Å². The van der Waals surface area contributed by atoms with Gasteiger partial charge in [-0.25, -0.2) is 4.98 Å². The molecule has 0 saturated heterocycles. The van der Waals surface area contributed by atoms with Crippen LogP contribution in [0.2, 0.25) is 0 Å². The number of hydrogen-bond acceptors (Lipinski definition) is 4. The van der Waals surface area contributed by atoms with Crippen molar-refractivity contribution in [2.75, 3.05) is 7.11 Å². The quantitative estimate of drug-likeness (QED) is 0.898. The van der Waals surface area contributed by atoms with Gasteiger partial charge in [0.2, 0.25) is 0 Å². The lowest BCUT2D eigenvalue weighted by atomic mass is 9.71. The molecule has 3 nitrogen and oxygen atoms in total. The summed E-state index contributed by atoms with van der Waals surface area (Å²) in [6.45, 7) is 4.67. The second-order valence-electron chi connectivity index (χ2n) is 7.10. The summed E-state index contributed by atoms with van der Waals surface area (Å²) in [5.41, 5.74) is 1.13. The highest BCUT2D eigenvalue weighted by molar-refractivity contribution is 7.11. The van der Waals surface area contributed by atoms with E-state index in [0.717, 1.165) is 42.8 Å². The van der Waals surface area contributed by atoms with Gasteiger partial charge in [-0.1, -0.05) is 13.8 Å². The van der Waals surface area contributed by atoms with Crippen LogP contribution in [-0.2, 0) is 16.8 Å². The van der Waals surface area contributed by atoms with Crippen LogP contribution in [-0.4, -0.2) is 17.2 Å². The molecule has 112 valence electrons. The Labute approximate surface area is 125 Å². The van der Waals surface area contributed by atoms with Gasteiger partial charge in [0, 0.05) is 12.0 Å². The molecular formula is C16H25NO2S. The molecule has 0 spiro atoms. The summed E-state index contributed by atoms with van der Waals surface area (Å²) in [6, 6.07) is 0. The van der Waals surface area contributed by atoms with Crippen LogP contribution in [0.1, 0.15) is 74.1 Å². The number of ether oxygens (including phenoxy) is 1. The number of aryl methyl sites for hydroxylation is 1. The molecule has 1 saturated carbocycles. The summed E-state index contributed by atoms with van der Waals surface area (Å²) >= 11 is 1.77. The molecule has 1 aromatic rings.